The molecule has 2 aliphatic rings. The number of hydrogen-bond donors (Lipinski definition) is 1. The standard InChI is InChI=1S/C18H34O/c1-3-18(4-2)16-14-12-10-8-6-5-7-9-11-13-15(16)17(18)19/h15-17,19H,3-14H2,1-2H3. The van der Waals surface area contributed by atoms with Gasteiger partial charge in [0.25, 0.3) is 0 Å². The van der Waals surface area contributed by atoms with E-state index in [9.17, 15) is 5.11 Å². The maximum atomic E-state index is 10.7. The molecule has 0 saturated heterocycles. The molecule has 2 aliphatic carbocycles. The van der Waals surface area contributed by atoms with Crippen molar-refractivity contribution in [3.05, 3.63) is 0 Å². The van der Waals surface area contributed by atoms with Crippen molar-refractivity contribution in [2.75, 3.05) is 0 Å². The summed E-state index contributed by atoms with van der Waals surface area (Å²) in [5.74, 6) is 1.44. The highest BCUT2D eigenvalue weighted by atomic mass is 16.3. The van der Waals surface area contributed by atoms with E-state index in [0.717, 1.165) is 5.92 Å². The van der Waals surface area contributed by atoms with Crippen molar-refractivity contribution in [1.82, 2.24) is 0 Å². The molecule has 2 rings (SSSR count). The van der Waals surface area contributed by atoms with Crippen LogP contribution in [0, 0.1) is 17.3 Å². The second-order valence-corrected chi connectivity index (χ2v) is 7.06. The van der Waals surface area contributed by atoms with Crippen LogP contribution in [-0.2, 0) is 0 Å². The molecule has 112 valence electrons. The first-order valence-electron chi connectivity index (χ1n) is 8.94. The Labute approximate surface area is 120 Å². The monoisotopic (exact) mass is 266 g/mol. The third-order valence-electron chi connectivity index (χ3n) is 6.37. The maximum absolute atomic E-state index is 10.7. The lowest BCUT2D eigenvalue weighted by molar-refractivity contribution is -0.190. The van der Waals surface area contributed by atoms with E-state index in [0.29, 0.717) is 5.92 Å². The van der Waals surface area contributed by atoms with Crippen molar-refractivity contribution in [2.24, 2.45) is 17.3 Å². The first-order valence-corrected chi connectivity index (χ1v) is 8.94. The van der Waals surface area contributed by atoms with Crippen LogP contribution in [0.2, 0.25) is 0 Å². The average Bonchev–Trinajstić information content (AvgIpc) is 2.42. The minimum Gasteiger partial charge on any atom is -0.392 e. The van der Waals surface area contributed by atoms with Crippen LogP contribution in [-0.4, -0.2) is 11.2 Å². The van der Waals surface area contributed by atoms with Crippen molar-refractivity contribution in [1.29, 1.82) is 0 Å². The Morgan fingerprint density at radius 1 is 0.789 bits per heavy atom. The van der Waals surface area contributed by atoms with Gasteiger partial charge in [0, 0.05) is 0 Å². The van der Waals surface area contributed by atoms with Gasteiger partial charge in [-0.05, 0) is 42.9 Å². The molecule has 0 aromatic heterocycles. The van der Waals surface area contributed by atoms with E-state index in [1.807, 2.05) is 0 Å². The summed E-state index contributed by atoms with van der Waals surface area (Å²) < 4.78 is 0. The van der Waals surface area contributed by atoms with E-state index in [4.69, 9.17) is 0 Å². The zero-order chi connectivity index (χ0) is 13.7. The summed E-state index contributed by atoms with van der Waals surface area (Å²) in [7, 11) is 0. The molecule has 0 amide bonds. The fourth-order valence-corrected chi connectivity index (χ4v) is 5.03. The van der Waals surface area contributed by atoms with Gasteiger partial charge in [-0.2, -0.15) is 0 Å². The second-order valence-electron chi connectivity index (χ2n) is 7.06. The zero-order valence-electron chi connectivity index (χ0n) is 13.2. The van der Waals surface area contributed by atoms with Gasteiger partial charge in [-0.1, -0.05) is 65.2 Å². The van der Waals surface area contributed by atoms with Crippen molar-refractivity contribution in [3.63, 3.8) is 0 Å². The molecule has 2 saturated carbocycles. The lowest BCUT2D eigenvalue weighted by Gasteiger charge is -2.60. The third kappa shape index (κ3) is 3.01. The normalized spacial score (nSPS) is 36.5. The summed E-state index contributed by atoms with van der Waals surface area (Å²) in [5, 5.41) is 10.7. The van der Waals surface area contributed by atoms with Gasteiger partial charge in [0.05, 0.1) is 6.10 Å². The Kier molecular flexibility index (Phi) is 5.74. The Balaban J connectivity index is 1.98. The number of aliphatic hydroxyl groups is 1. The molecule has 1 nitrogen and oxygen atoms in total. The third-order valence-corrected chi connectivity index (χ3v) is 6.37. The van der Waals surface area contributed by atoms with E-state index < -0.39 is 0 Å². The van der Waals surface area contributed by atoms with E-state index in [1.165, 1.54) is 77.0 Å². The summed E-state index contributed by atoms with van der Waals surface area (Å²) in [5.41, 5.74) is 0.273. The summed E-state index contributed by atoms with van der Waals surface area (Å²) in [4.78, 5) is 0. The van der Waals surface area contributed by atoms with Crippen LogP contribution in [0.15, 0.2) is 0 Å². The molecule has 0 aliphatic heterocycles. The molecule has 3 atom stereocenters. The lowest BCUT2D eigenvalue weighted by atomic mass is 9.47. The maximum Gasteiger partial charge on any atom is 0.0629 e. The highest BCUT2D eigenvalue weighted by molar-refractivity contribution is 5.06. The van der Waals surface area contributed by atoms with Gasteiger partial charge in [0.15, 0.2) is 0 Å². The second kappa shape index (κ2) is 7.11. The van der Waals surface area contributed by atoms with Crippen molar-refractivity contribution in [3.8, 4) is 0 Å². The van der Waals surface area contributed by atoms with Crippen LogP contribution in [0.1, 0.15) is 90.9 Å². The topological polar surface area (TPSA) is 20.2 Å². The van der Waals surface area contributed by atoms with Gasteiger partial charge in [-0.25, -0.2) is 0 Å². The Hall–Kier alpha value is -0.0400. The minimum absolute atomic E-state index is 0.00422. The zero-order valence-corrected chi connectivity index (χ0v) is 13.2. The van der Waals surface area contributed by atoms with E-state index in [1.54, 1.807) is 0 Å². The van der Waals surface area contributed by atoms with Gasteiger partial charge in [-0.3, -0.25) is 0 Å². The Morgan fingerprint density at radius 2 is 1.26 bits per heavy atom. The van der Waals surface area contributed by atoms with Gasteiger partial charge >= 0.3 is 0 Å². The van der Waals surface area contributed by atoms with Crippen LogP contribution in [0.3, 0.4) is 0 Å². The first kappa shape index (κ1) is 15.4. The van der Waals surface area contributed by atoms with Gasteiger partial charge in [-0.15, -0.1) is 0 Å². The molecular formula is C18H34O. The van der Waals surface area contributed by atoms with Gasteiger partial charge in [0.2, 0.25) is 0 Å². The molecular weight excluding hydrogens is 232 g/mol. The van der Waals surface area contributed by atoms with Crippen LogP contribution >= 0.6 is 0 Å². The van der Waals surface area contributed by atoms with Crippen LogP contribution in [0.4, 0.5) is 0 Å². The number of rotatable bonds is 2. The summed E-state index contributed by atoms with van der Waals surface area (Å²) >= 11 is 0. The quantitative estimate of drug-likeness (QED) is 0.717. The molecule has 1 heteroatoms. The summed E-state index contributed by atoms with van der Waals surface area (Å²) in [6, 6.07) is 0. The van der Waals surface area contributed by atoms with E-state index in [-0.39, 0.29) is 11.5 Å². The van der Waals surface area contributed by atoms with Crippen molar-refractivity contribution >= 4 is 0 Å². The molecule has 0 aromatic rings. The average molecular weight is 266 g/mol. The smallest absolute Gasteiger partial charge is 0.0629 e. The van der Waals surface area contributed by atoms with Crippen LogP contribution in [0.25, 0.3) is 0 Å². The largest absolute Gasteiger partial charge is 0.392 e. The SMILES string of the molecule is CCC1(CC)C(O)C2CCCCCCCCCCC21. The summed E-state index contributed by atoms with van der Waals surface area (Å²) in [6.07, 6.45) is 16.3. The molecule has 0 spiro atoms. The van der Waals surface area contributed by atoms with Gasteiger partial charge < -0.3 is 5.11 Å². The molecule has 0 heterocycles. The Morgan fingerprint density at radius 3 is 1.79 bits per heavy atom. The number of hydrogen-bond acceptors (Lipinski definition) is 1. The fourth-order valence-electron chi connectivity index (χ4n) is 5.03. The van der Waals surface area contributed by atoms with Crippen LogP contribution < -0.4 is 0 Å². The molecule has 0 bridgehead atoms. The van der Waals surface area contributed by atoms with Crippen molar-refractivity contribution in [2.45, 2.75) is 97.0 Å². The van der Waals surface area contributed by atoms with E-state index in [2.05, 4.69) is 13.8 Å². The first-order chi connectivity index (χ1) is 9.26. The van der Waals surface area contributed by atoms with Crippen LogP contribution in [0.5, 0.6) is 0 Å². The molecule has 0 radical (unpaired) electrons. The lowest BCUT2D eigenvalue weighted by Crippen LogP contribution is -2.60. The molecule has 19 heavy (non-hydrogen) atoms. The summed E-state index contributed by atoms with van der Waals surface area (Å²) in [6.45, 7) is 4.58. The number of fused-ring (bicyclic) bond motifs is 1. The molecule has 1 N–H and O–H groups in total. The highest BCUT2D eigenvalue weighted by Crippen LogP contribution is 2.59. The molecule has 3 unspecified atom stereocenters. The molecule has 0 aromatic carbocycles. The molecule has 2 fully saturated rings. The predicted octanol–water partition coefficient (Wildman–Crippen LogP) is 5.31. The highest BCUT2D eigenvalue weighted by Gasteiger charge is 2.57. The minimum atomic E-state index is -0.00422. The number of aliphatic hydroxyl groups excluding tert-OH is 1. The Bertz CT molecular complexity index is 256. The predicted molar refractivity (Wildman–Crippen MR) is 82.2 cm³/mol. The fraction of sp³-hybridized carbons (Fsp3) is 1.00. The van der Waals surface area contributed by atoms with Crippen molar-refractivity contribution < 1.29 is 5.11 Å². The van der Waals surface area contributed by atoms with Gasteiger partial charge in [0.1, 0.15) is 0 Å². The van der Waals surface area contributed by atoms with E-state index >= 15 is 0 Å².